The first-order chi connectivity index (χ1) is 8.43. The summed E-state index contributed by atoms with van der Waals surface area (Å²) >= 11 is 5.10. The van der Waals surface area contributed by atoms with Crippen LogP contribution in [0.15, 0.2) is 12.1 Å². The maximum atomic E-state index is 12.6. The fourth-order valence-corrected chi connectivity index (χ4v) is 1.48. The molecule has 0 saturated carbocycles. The Labute approximate surface area is 105 Å². The molecule has 0 aromatic heterocycles. The van der Waals surface area contributed by atoms with Gasteiger partial charge >= 0.3 is 12.5 Å². The quantitative estimate of drug-likeness (QED) is 0.468. The van der Waals surface area contributed by atoms with Crippen LogP contribution in [0.4, 0.5) is 32.0 Å². The van der Waals surface area contributed by atoms with Gasteiger partial charge in [-0.25, -0.2) is 0 Å². The highest BCUT2D eigenvalue weighted by molar-refractivity contribution is 6.33. The molecule has 1 aromatic rings. The third-order valence-corrected chi connectivity index (χ3v) is 2.17. The molecule has 0 unspecified atom stereocenters. The van der Waals surface area contributed by atoms with E-state index in [1.54, 1.807) is 0 Å². The Kier molecular flexibility index (Phi) is 3.84. The van der Waals surface area contributed by atoms with Crippen LogP contribution >= 0.6 is 11.6 Å². The maximum absolute atomic E-state index is 12.6. The lowest BCUT2D eigenvalue weighted by Gasteiger charge is -2.14. The monoisotopic (exact) mass is 309 g/mol. The molecule has 19 heavy (non-hydrogen) atoms. The normalized spacial score (nSPS) is 12.4. The smallest absolute Gasteiger partial charge is 0.404 e. The van der Waals surface area contributed by atoms with Crippen molar-refractivity contribution in [3.63, 3.8) is 0 Å². The number of halogens is 7. The molecule has 0 N–H and O–H groups in total. The Balaban J connectivity index is 3.47. The summed E-state index contributed by atoms with van der Waals surface area (Å²) in [5.41, 5.74) is -3.46. The molecule has 0 heterocycles. The van der Waals surface area contributed by atoms with Gasteiger partial charge in [0.15, 0.2) is 5.56 Å². The molecule has 0 fully saturated rings. The Hall–Kier alpha value is -1.71. The highest BCUT2D eigenvalue weighted by Crippen LogP contribution is 2.45. The molecule has 0 saturated heterocycles. The van der Waals surface area contributed by atoms with Crippen LogP contribution in [0.3, 0.4) is 0 Å². The number of ether oxygens (including phenoxy) is 1. The summed E-state index contributed by atoms with van der Waals surface area (Å²) in [7, 11) is 0. The van der Waals surface area contributed by atoms with Crippen LogP contribution in [0.1, 0.15) is 5.56 Å². The van der Waals surface area contributed by atoms with Crippen LogP contribution in [0.25, 0.3) is 0 Å². The number of hydrogen-bond donors (Lipinski definition) is 0. The molecule has 0 amide bonds. The maximum Gasteiger partial charge on any atom is 0.573 e. The fraction of sp³-hybridized carbons (Fsp3) is 0.250. The van der Waals surface area contributed by atoms with Crippen LogP contribution in [0, 0.1) is 10.1 Å². The molecule has 0 radical (unpaired) electrons. The second-order valence-corrected chi connectivity index (χ2v) is 3.45. The van der Waals surface area contributed by atoms with Gasteiger partial charge in [-0.2, -0.15) is 13.2 Å². The molecule has 1 rings (SSSR count). The second-order valence-electron chi connectivity index (χ2n) is 3.07. The summed E-state index contributed by atoms with van der Waals surface area (Å²) in [4.78, 5) is 8.99. The zero-order valence-electron chi connectivity index (χ0n) is 8.47. The lowest BCUT2D eigenvalue weighted by Crippen LogP contribution is -2.19. The molecular weight excluding hydrogens is 308 g/mol. The minimum absolute atomic E-state index is 0.232. The van der Waals surface area contributed by atoms with Crippen molar-refractivity contribution in [1.29, 1.82) is 0 Å². The van der Waals surface area contributed by atoms with Gasteiger partial charge in [0.25, 0.3) is 5.69 Å². The number of nitro benzene ring substituents is 1. The SMILES string of the molecule is O=[N+]([O-])c1ccc(OC(F)(F)F)c(Cl)c1C(F)(F)F. The highest BCUT2D eigenvalue weighted by Gasteiger charge is 2.43. The minimum Gasteiger partial charge on any atom is -0.404 e. The predicted molar refractivity (Wildman–Crippen MR) is 49.8 cm³/mol. The lowest BCUT2D eigenvalue weighted by molar-refractivity contribution is -0.388. The van der Waals surface area contributed by atoms with Gasteiger partial charge in [0.2, 0.25) is 0 Å². The average Bonchev–Trinajstić information content (AvgIpc) is 2.16. The van der Waals surface area contributed by atoms with E-state index in [-0.39, 0.29) is 6.07 Å². The van der Waals surface area contributed by atoms with E-state index in [1.165, 1.54) is 0 Å². The van der Waals surface area contributed by atoms with Crippen LogP contribution < -0.4 is 4.74 Å². The third-order valence-electron chi connectivity index (χ3n) is 1.79. The lowest BCUT2D eigenvalue weighted by atomic mass is 10.1. The van der Waals surface area contributed by atoms with Gasteiger partial charge in [-0.3, -0.25) is 10.1 Å². The molecule has 11 heteroatoms. The van der Waals surface area contributed by atoms with Crippen molar-refractivity contribution in [2.75, 3.05) is 0 Å². The molecule has 0 atom stereocenters. The highest BCUT2D eigenvalue weighted by atomic mass is 35.5. The van der Waals surface area contributed by atoms with Crippen molar-refractivity contribution < 1.29 is 36.0 Å². The Morgan fingerprint density at radius 1 is 1.16 bits per heavy atom. The molecule has 106 valence electrons. The Morgan fingerprint density at radius 3 is 2.05 bits per heavy atom. The number of rotatable bonds is 2. The van der Waals surface area contributed by atoms with E-state index in [2.05, 4.69) is 4.74 Å². The standard InChI is InChI=1S/C8H2ClF6NO3/c9-6-4(19-8(13,14)15)2-1-3(16(17)18)5(6)7(10,11)12/h1-2H. The van der Waals surface area contributed by atoms with E-state index >= 15 is 0 Å². The molecule has 4 nitrogen and oxygen atoms in total. The topological polar surface area (TPSA) is 52.4 Å². The first-order valence-corrected chi connectivity index (χ1v) is 4.61. The third kappa shape index (κ3) is 3.63. The van der Waals surface area contributed by atoms with Gasteiger partial charge in [0.05, 0.1) is 4.92 Å². The molecule has 0 aliphatic rings. The first-order valence-electron chi connectivity index (χ1n) is 4.23. The summed E-state index contributed by atoms with van der Waals surface area (Å²) in [6.07, 6.45) is -10.6. The van der Waals surface area contributed by atoms with Gasteiger partial charge in [-0.1, -0.05) is 11.6 Å². The summed E-state index contributed by atoms with van der Waals surface area (Å²) < 4.78 is 76.7. The van der Waals surface area contributed by atoms with Crippen molar-refractivity contribution in [2.24, 2.45) is 0 Å². The van der Waals surface area contributed by atoms with Crippen molar-refractivity contribution >= 4 is 17.3 Å². The van der Waals surface area contributed by atoms with Gasteiger partial charge in [0.1, 0.15) is 10.8 Å². The van der Waals surface area contributed by atoms with Gasteiger partial charge in [0, 0.05) is 6.07 Å². The second kappa shape index (κ2) is 4.76. The fourth-order valence-electron chi connectivity index (χ4n) is 1.17. The predicted octanol–water partition coefficient (Wildman–Crippen LogP) is 4.17. The number of benzene rings is 1. The number of hydrogen-bond acceptors (Lipinski definition) is 3. The van der Waals surface area contributed by atoms with E-state index in [9.17, 15) is 36.5 Å². The number of nitro groups is 1. The first kappa shape index (κ1) is 15.3. The van der Waals surface area contributed by atoms with Crippen molar-refractivity contribution in [2.45, 2.75) is 12.5 Å². The number of nitrogens with zero attached hydrogens (tertiary/aromatic N) is 1. The van der Waals surface area contributed by atoms with Crippen molar-refractivity contribution in [1.82, 2.24) is 0 Å². The van der Waals surface area contributed by atoms with Crippen molar-refractivity contribution in [3.8, 4) is 5.75 Å². The zero-order valence-corrected chi connectivity index (χ0v) is 9.23. The average molecular weight is 310 g/mol. The summed E-state index contributed by atoms with van der Waals surface area (Å²) in [5, 5.41) is 8.87. The minimum atomic E-state index is -5.30. The van der Waals surface area contributed by atoms with E-state index in [0.717, 1.165) is 0 Å². The van der Waals surface area contributed by atoms with Gasteiger partial charge < -0.3 is 4.74 Å². The summed E-state index contributed by atoms with van der Waals surface area (Å²) in [6.45, 7) is 0. The molecule has 0 spiro atoms. The molecule has 0 aliphatic heterocycles. The van der Waals surface area contributed by atoms with Crippen LogP contribution in [-0.2, 0) is 6.18 Å². The van der Waals surface area contributed by atoms with Crippen LogP contribution in [0.2, 0.25) is 5.02 Å². The molecule has 1 aromatic carbocycles. The molecule has 0 aliphatic carbocycles. The Bertz CT molecular complexity index is 512. The molecular formula is C8H2ClF6NO3. The van der Waals surface area contributed by atoms with Crippen LogP contribution in [0.5, 0.6) is 5.75 Å². The number of alkyl halides is 6. The Morgan fingerprint density at radius 2 is 1.68 bits per heavy atom. The summed E-state index contributed by atoms with van der Waals surface area (Å²) in [6, 6.07) is 0.568. The van der Waals surface area contributed by atoms with E-state index in [4.69, 9.17) is 11.6 Å². The van der Waals surface area contributed by atoms with Gasteiger partial charge in [-0.15, -0.1) is 13.2 Å². The van der Waals surface area contributed by atoms with E-state index in [0.29, 0.717) is 6.07 Å². The zero-order chi connectivity index (χ0) is 15.0. The molecule has 0 bridgehead atoms. The van der Waals surface area contributed by atoms with Crippen LogP contribution in [-0.4, -0.2) is 11.3 Å². The van der Waals surface area contributed by atoms with E-state index in [1.807, 2.05) is 0 Å². The largest absolute Gasteiger partial charge is 0.573 e. The van der Waals surface area contributed by atoms with Gasteiger partial charge in [-0.05, 0) is 6.07 Å². The van der Waals surface area contributed by atoms with Crippen molar-refractivity contribution in [3.05, 3.63) is 32.8 Å². The van der Waals surface area contributed by atoms with E-state index < -0.39 is 39.5 Å². The summed E-state index contributed by atoms with van der Waals surface area (Å²) in [5.74, 6) is -1.37.